The second kappa shape index (κ2) is 11.2. The van der Waals surface area contributed by atoms with Gasteiger partial charge in [0.25, 0.3) is 10.1 Å². The molecule has 0 spiro atoms. The molecule has 3 rings (SSSR count). The van der Waals surface area contributed by atoms with Gasteiger partial charge in [0.1, 0.15) is 11.0 Å². The molecule has 0 saturated carbocycles. The highest BCUT2D eigenvalue weighted by Gasteiger charge is 2.24. The number of halogens is 1. The van der Waals surface area contributed by atoms with Crippen molar-refractivity contribution in [1.29, 1.82) is 0 Å². The quantitative estimate of drug-likeness (QED) is 0.394. The lowest BCUT2D eigenvalue weighted by atomic mass is 10.2. The zero-order valence-electron chi connectivity index (χ0n) is 16.3. The van der Waals surface area contributed by atoms with Crippen LogP contribution in [0.5, 0.6) is 0 Å². The number of hydrogen-bond acceptors (Lipinski definition) is 5. The lowest BCUT2D eigenvalue weighted by Gasteiger charge is -2.18. The first kappa shape index (κ1) is 22.5. The standard InChI is InChI=1S/C23H23ClO5S/c24-22-13-7-8-14-23(22)30(25,26)29-21(17-27-15-19-9-3-1-4-10-19)18-28-16-20-11-5-2-6-12-20/h1-14,21H,15-18H2. The van der Waals surface area contributed by atoms with E-state index in [9.17, 15) is 8.42 Å². The smallest absolute Gasteiger partial charge is 0.298 e. The summed E-state index contributed by atoms with van der Waals surface area (Å²) in [4.78, 5) is -0.0808. The minimum absolute atomic E-state index is 0.0490. The van der Waals surface area contributed by atoms with Gasteiger partial charge < -0.3 is 9.47 Å². The number of benzene rings is 3. The second-order valence-corrected chi connectivity index (χ2v) is 8.55. The maximum atomic E-state index is 12.7. The van der Waals surface area contributed by atoms with Crippen LogP contribution in [0, 0.1) is 0 Å². The Labute approximate surface area is 182 Å². The van der Waals surface area contributed by atoms with Crippen LogP contribution in [0.3, 0.4) is 0 Å². The average molecular weight is 447 g/mol. The van der Waals surface area contributed by atoms with Gasteiger partial charge in [-0.15, -0.1) is 0 Å². The van der Waals surface area contributed by atoms with E-state index in [0.717, 1.165) is 11.1 Å². The fourth-order valence-corrected chi connectivity index (χ4v) is 4.29. The molecule has 0 radical (unpaired) electrons. The maximum absolute atomic E-state index is 12.7. The Morgan fingerprint density at radius 1 is 0.700 bits per heavy atom. The molecule has 5 nitrogen and oxygen atoms in total. The van der Waals surface area contributed by atoms with Gasteiger partial charge in [-0.25, -0.2) is 0 Å². The molecule has 0 amide bonds. The summed E-state index contributed by atoms with van der Waals surface area (Å²) in [5.74, 6) is 0. The summed E-state index contributed by atoms with van der Waals surface area (Å²) in [5, 5.41) is 0.103. The van der Waals surface area contributed by atoms with Crippen molar-refractivity contribution in [2.45, 2.75) is 24.2 Å². The highest BCUT2D eigenvalue weighted by molar-refractivity contribution is 7.87. The Morgan fingerprint density at radius 3 is 1.67 bits per heavy atom. The zero-order chi connectivity index (χ0) is 21.2. The van der Waals surface area contributed by atoms with E-state index in [1.54, 1.807) is 12.1 Å². The van der Waals surface area contributed by atoms with Crippen molar-refractivity contribution >= 4 is 21.7 Å². The average Bonchev–Trinajstić information content (AvgIpc) is 2.75. The van der Waals surface area contributed by atoms with Crippen molar-refractivity contribution in [2.75, 3.05) is 13.2 Å². The van der Waals surface area contributed by atoms with E-state index in [4.69, 9.17) is 25.3 Å². The molecule has 0 bridgehead atoms. The van der Waals surface area contributed by atoms with E-state index >= 15 is 0 Å². The van der Waals surface area contributed by atoms with E-state index in [1.165, 1.54) is 12.1 Å². The zero-order valence-corrected chi connectivity index (χ0v) is 17.9. The number of rotatable bonds is 11. The second-order valence-electron chi connectivity index (χ2n) is 6.60. The molecule has 0 N–H and O–H groups in total. The monoisotopic (exact) mass is 446 g/mol. The van der Waals surface area contributed by atoms with E-state index in [-0.39, 0.29) is 23.1 Å². The van der Waals surface area contributed by atoms with E-state index in [2.05, 4.69) is 0 Å². The van der Waals surface area contributed by atoms with Crippen molar-refractivity contribution in [3.63, 3.8) is 0 Å². The Hall–Kier alpha value is -2.22. The van der Waals surface area contributed by atoms with Crippen LogP contribution in [0.25, 0.3) is 0 Å². The van der Waals surface area contributed by atoms with Crippen molar-refractivity contribution in [1.82, 2.24) is 0 Å². The molecule has 0 fully saturated rings. The fourth-order valence-electron chi connectivity index (χ4n) is 2.75. The van der Waals surface area contributed by atoms with Gasteiger partial charge in [-0.05, 0) is 23.3 Å². The summed E-state index contributed by atoms with van der Waals surface area (Å²) < 4.78 is 42.2. The molecule has 3 aromatic rings. The van der Waals surface area contributed by atoms with Crippen LogP contribution < -0.4 is 0 Å². The Morgan fingerprint density at radius 2 is 1.17 bits per heavy atom. The third-order valence-corrected chi connectivity index (χ3v) is 6.06. The third-order valence-electron chi connectivity index (χ3n) is 4.20. The van der Waals surface area contributed by atoms with E-state index in [1.807, 2.05) is 60.7 Å². The summed E-state index contributed by atoms with van der Waals surface area (Å²) in [5.41, 5.74) is 1.96. The predicted octanol–water partition coefficient (Wildman–Crippen LogP) is 4.85. The van der Waals surface area contributed by atoms with Crippen molar-refractivity contribution in [3.8, 4) is 0 Å². The first-order valence-electron chi connectivity index (χ1n) is 9.46. The fraction of sp³-hybridized carbons (Fsp3) is 0.217. The molecule has 0 heterocycles. The minimum atomic E-state index is -4.07. The van der Waals surface area contributed by atoms with Crippen molar-refractivity contribution < 1.29 is 22.1 Å². The highest BCUT2D eigenvalue weighted by Crippen LogP contribution is 2.23. The largest absolute Gasteiger partial charge is 0.374 e. The minimum Gasteiger partial charge on any atom is -0.374 e. The molecule has 158 valence electrons. The first-order valence-corrected chi connectivity index (χ1v) is 11.2. The van der Waals surface area contributed by atoms with Gasteiger partial charge in [-0.3, -0.25) is 4.18 Å². The van der Waals surface area contributed by atoms with Gasteiger partial charge in [-0.2, -0.15) is 8.42 Å². The molecule has 3 aromatic carbocycles. The molecule has 0 aromatic heterocycles. The van der Waals surface area contributed by atoms with Gasteiger partial charge in [0.15, 0.2) is 0 Å². The molecule has 0 aliphatic carbocycles. The first-order chi connectivity index (χ1) is 14.5. The van der Waals surface area contributed by atoms with Gasteiger partial charge >= 0.3 is 0 Å². The van der Waals surface area contributed by atoms with E-state index < -0.39 is 16.2 Å². The van der Waals surface area contributed by atoms with Crippen molar-refractivity contribution in [3.05, 3.63) is 101 Å². The van der Waals surface area contributed by atoms with E-state index in [0.29, 0.717) is 13.2 Å². The summed E-state index contributed by atoms with van der Waals surface area (Å²) in [6, 6.07) is 25.4. The summed E-state index contributed by atoms with van der Waals surface area (Å²) in [6.45, 7) is 0.776. The molecule has 0 aliphatic heterocycles. The molecule has 0 atom stereocenters. The summed E-state index contributed by atoms with van der Waals surface area (Å²) in [7, 11) is -4.07. The van der Waals surface area contributed by atoms with Gasteiger partial charge in [0.05, 0.1) is 31.5 Å². The van der Waals surface area contributed by atoms with Gasteiger partial charge in [0, 0.05) is 0 Å². The highest BCUT2D eigenvalue weighted by atomic mass is 35.5. The number of hydrogen-bond donors (Lipinski definition) is 0. The molecule has 0 saturated heterocycles. The van der Waals surface area contributed by atoms with Crippen LogP contribution in [0.15, 0.2) is 89.8 Å². The van der Waals surface area contributed by atoms with Crippen LogP contribution in [0.2, 0.25) is 5.02 Å². The normalized spacial score (nSPS) is 11.7. The Bertz CT molecular complexity index is 965. The molecule has 0 unspecified atom stereocenters. The predicted molar refractivity (Wildman–Crippen MR) is 116 cm³/mol. The Kier molecular flexibility index (Phi) is 8.42. The summed E-state index contributed by atoms with van der Waals surface area (Å²) in [6.07, 6.45) is -0.821. The molecule has 7 heteroatoms. The molecular formula is C23H23ClO5S. The molecule has 30 heavy (non-hydrogen) atoms. The van der Waals surface area contributed by atoms with Crippen molar-refractivity contribution in [2.24, 2.45) is 0 Å². The van der Waals surface area contributed by atoms with Gasteiger partial charge in [-0.1, -0.05) is 84.4 Å². The lowest BCUT2D eigenvalue weighted by Crippen LogP contribution is -2.29. The van der Waals surface area contributed by atoms with Crippen LogP contribution in [-0.4, -0.2) is 27.7 Å². The number of ether oxygens (including phenoxy) is 2. The lowest BCUT2D eigenvalue weighted by molar-refractivity contribution is -0.0130. The Balaban J connectivity index is 1.63. The molecule has 0 aliphatic rings. The SMILES string of the molecule is O=S(=O)(OC(COCc1ccccc1)COCc1ccccc1)c1ccccc1Cl. The van der Waals surface area contributed by atoms with Crippen LogP contribution in [0.1, 0.15) is 11.1 Å². The van der Waals surface area contributed by atoms with Crippen LogP contribution in [0.4, 0.5) is 0 Å². The van der Waals surface area contributed by atoms with Crippen LogP contribution in [-0.2, 0) is 37.0 Å². The summed E-state index contributed by atoms with van der Waals surface area (Å²) >= 11 is 6.04. The third kappa shape index (κ3) is 6.93. The molecular weight excluding hydrogens is 424 g/mol. The van der Waals surface area contributed by atoms with Gasteiger partial charge in [0.2, 0.25) is 0 Å². The maximum Gasteiger partial charge on any atom is 0.298 e. The van der Waals surface area contributed by atoms with Crippen LogP contribution >= 0.6 is 11.6 Å². The topological polar surface area (TPSA) is 61.8 Å².